The summed E-state index contributed by atoms with van der Waals surface area (Å²) in [6.45, 7) is 1.37. The number of amides is 1. The maximum Gasteiger partial charge on any atom is 0.339 e. The Morgan fingerprint density at radius 2 is 1.85 bits per heavy atom. The van der Waals surface area contributed by atoms with E-state index in [2.05, 4.69) is 10.3 Å². The van der Waals surface area contributed by atoms with Crippen LogP contribution in [0.2, 0.25) is 5.02 Å². The van der Waals surface area contributed by atoms with E-state index in [4.69, 9.17) is 16.3 Å². The molecule has 0 aliphatic carbocycles. The van der Waals surface area contributed by atoms with Crippen LogP contribution in [0.5, 0.6) is 0 Å². The zero-order valence-electron chi connectivity index (χ0n) is 14.5. The molecule has 0 aliphatic rings. The van der Waals surface area contributed by atoms with Gasteiger partial charge in [-0.25, -0.2) is 4.79 Å². The Balaban J connectivity index is 1.64. The van der Waals surface area contributed by atoms with Crippen molar-refractivity contribution in [1.82, 2.24) is 10.3 Å². The first-order valence-corrected chi connectivity index (χ1v) is 8.66. The van der Waals surface area contributed by atoms with E-state index in [1.165, 1.54) is 6.07 Å². The van der Waals surface area contributed by atoms with E-state index in [1.54, 1.807) is 36.4 Å². The largest absolute Gasteiger partial charge is 0.452 e. The molecule has 1 amide bonds. The van der Waals surface area contributed by atoms with Gasteiger partial charge >= 0.3 is 5.97 Å². The third-order valence-corrected chi connectivity index (χ3v) is 4.30. The number of carbonyl (C=O) groups excluding carboxylic acids is 2. The van der Waals surface area contributed by atoms with Gasteiger partial charge in [-0.15, -0.1) is 0 Å². The van der Waals surface area contributed by atoms with Crippen LogP contribution in [-0.4, -0.2) is 23.5 Å². The van der Waals surface area contributed by atoms with E-state index in [0.717, 1.165) is 5.56 Å². The highest BCUT2D eigenvalue weighted by molar-refractivity contribution is 6.30. The summed E-state index contributed by atoms with van der Waals surface area (Å²) < 4.78 is 5.08. The molecule has 138 valence electrons. The van der Waals surface area contributed by atoms with Gasteiger partial charge in [-0.3, -0.25) is 9.59 Å². The number of carbonyl (C=O) groups is 2. The summed E-state index contributed by atoms with van der Waals surface area (Å²) in [5, 5.41) is 3.90. The predicted molar refractivity (Wildman–Crippen MR) is 103 cm³/mol. The highest BCUT2D eigenvalue weighted by atomic mass is 35.5. The molecule has 7 heteroatoms. The number of benzene rings is 2. The fourth-order valence-electron chi connectivity index (χ4n) is 2.70. The molecule has 1 aromatic heterocycles. The molecule has 3 aromatic rings. The second kappa shape index (κ2) is 8.05. The number of aromatic amines is 1. The monoisotopic (exact) mass is 384 g/mol. The molecular formula is C20H17ClN2O4. The van der Waals surface area contributed by atoms with Crippen LogP contribution in [-0.2, 0) is 9.53 Å². The summed E-state index contributed by atoms with van der Waals surface area (Å²) in [6.07, 6.45) is 0. The molecule has 2 aromatic carbocycles. The zero-order chi connectivity index (χ0) is 19.4. The van der Waals surface area contributed by atoms with Crippen LogP contribution < -0.4 is 10.9 Å². The smallest absolute Gasteiger partial charge is 0.339 e. The van der Waals surface area contributed by atoms with Gasteiger partial charge in [0.15, 0.2) is 6.61 Å². The van der Waals surface area contributed by atoms with Gasteiger partial charge in [0.1, 0.15) is 0 Å². The molecule has 0 saturated carbocycles. The minimum Gasteiger partial charge on any atom is -0.452 e. The van der Waals surface area contributed by atoms with E-state index >= 15 is 0 Å². The molecule has 2 N–H and O–H groups in total. The van der Waals surface area contributed by atoms with Crippen molar-refractivity contribution in [3.05, 3.63) is 81.1 Å². The van der Waals surface area contributed by atoms with E-state index in [1.807, 2.05) is 19.1 Å². The SMILES string of the molecule is C[C@H](NC(=O)COC(=O)c1cc(=O)[nH]c2ccccc12)c1ccc(Cl)cc1. The third kappa shape index (κ3) is 4.54. The Morgan fingerprint density at radius 3 is 2.59 bits per heavy atom. The number of fused-ring (bicyclic) bond motifs is 1. The van der Waals surface area contributed by atoms with Gasteiger partial charge in [-0.2, -0.15) is 0 Å². The number of nitrogens with one attached hydrogen (secondary N) is 2. The number of aromatic nitrogens is 1. The lowest BCUT2D eigenvalue weighted by molar-refractivity contribution is -0.124. The summed E-state index contributed by atoms with van der Waals surface area (Å²) in [7, 11) is 0. The zero-order valence-corrected chi connectivity index (χ0v) is 15.2. The van der Waals surface area contributed by atoms with Gasteiger partial charge in [0.2, 0.25) is 5.56 Å². The standard InChI is InChI=1S/C20H17ClN2O4/c1-12(13-6-8-14(21)9-7-13)22-19(25)11-27-20(26)16-10-18(24)23-17-5-3-2-4-15(16)17/h2-10,12H,11H2,1H3,(H,22,25)(H,23,24)/t12-/m0/s1. The van der Waals surface area contributed by atoms with Gasteiger partial charge in [-0.05, 0) is 30.7 Å². The molecule has 1 heterocycles. The van der Waals surface area contributed by atoms with Crippen LogP contribution in [0.1, 0.15) is 28.9 Å². The minimum atomic E-state index is -0.730. The van der Waals surface area contributed by atoms with Crippen LogP contribution in [0.4, 0.5) is 0 Å². The molecule has 0 saturated heterocycles. The van der Waals surface area contributed by atoms with Crippen molar-refractivity contribution >= 4 is 34.4 Å². The van der Waals surface area contributed by atoms with Crippen LogP contribution in [0.15, 0.2) is 59.4 Å². The molecule has 0 bridgehead atoms. The van der Waals surface area contributed by atoms with Crippen molar-refractivity contribution < 1.29 is 14.3 Å². The van der Waals surface area contributed by atoms with E-state index < -0.39 is 24.0 Å². The number of rotatable bonds is 5. The highest BCUT2D eigenvalue weighted by Crippen LogP contribution is 2.17. The van der Waals surface area contributed by atoms with Crippen molar-refractivity contribution in [2.24, 2.45) is 0 Å². The first-order chi connectivity index (χ1) is 12.9. The highest BCUT2D eigenvalue weighted by Gasteiger charge is 2.16. The first kappa shape index (κ1) is 18.7. The lowest BCUT2D eigenvalue weighted by Crippen LogP contribution is -2.31. The average Bonchev–Trinajstić information content (AvgIpc) is 2.65. The fourth-order valence-corrected chi connectivity index (χ4v) is 2.83. The Morgan fingerprint density at radius 1 is 1.15 bits per heavy atom. The van der Waals surface area contributed by atoms with Gasteiger partial charge in [0.05, 0.1) is 11.6 Å². The summed E-state index contributed by atoms with van der Waals surface area (Å²) in [4.78, 5) is 38.8. The number of hydrogen-bond donors (Lipinski definition) is 2. The van der Waals surface area contributed by atoms with Crippen LogP contribution >= 0.6 is 11.6 Å². The molecular weight excluding hydrogens is 368 g/mol. The molecule has 0 aliphatic heterocycles. The minimum absolute atomic E-state index is 0.118. The number of esters is 1. The second-order valence-corrected chi connectivity index (χ2v) is 6.45. The maximum atomic E-state index is 12.3. The molecule has 0 unspecified atom stereocenters. The summed E-state index contributed by atoms with van der Waals surface area (Å²) >= 11 is 5.85. The van der Waals surface area contributed by atoms with Crippen LogP contribution in [0.25, 0.3) is 10.9 Å². The predicted octanol–water partition coefficient (Wildman–Crippen LogP) is 3.22. The van der Waals surface area contributed by atoms with Gasteiger partial charge in [-0.1, -0.05) is 41.9 Å². The van der Waals surface area contributed by atoms with Crippen LogP contribution in [0.3, 0.4) is 0 Å². The molecule has 6 nitrogen and oxygen atoms in total. The molecule has 0 fully saturated rings. The summed E-state index contributed by atoms with van der Waals surface area (Å²) in [5.41, 5.74) is 1.10. The lowest BCUT2D eigenvalue weighted by Gasteiger charge is -2.14. The maximum absolute atomic E-state index is 12.3. The summed E-state index contributed by atoms with van der Waals surface area (Å²) in [5.74, 6) is -1.17. The Bertz CT molecular complexity index is 1040. The molecule has 0 radical (unpaired) electrons. The van der Waals surface area contributed by atoms with Crippen molar-refractivity contribution in [2.75, 3.05) is 6.61 Å². The molecule has 0 spiro atoms. The second-order valence-electron chi connectivity index (χ2n) is 6.01. The van der Waals surface area contributed by atoms with E-state index in [0.29, 0.717) is 15.9 Å². The van der Waals surface area contributed by atoms with Gasteiger partial charge in [0, 0.05) is 22.0 Å². The average molecular weight is 385 g/mol. The number of halogens is 1. The normalized spacial score (nSPS) is 11.8. The van der Waals surface area contributed by atoms with E-state index in [9.17, 15) is 14.4 Å². The Hall–Kier alpha value is -3.12. The van der Waals surface area contributed by atoms with Crippen molar-refractivity contribution in [3.8, 4) is 0 Å². The fraction of sp³-hybridized carbons (Fsp3) is 0.150. The number of para-hydroxylation sites is 1. The third-order valence-electron chi connectivity index (χ3n) is 4.05. The number of pyridine rings is 1. The van der Waals surface area contributed by atoms with Crippen molar-refractivity contribution in [2.45, 2.75) is 13.0 Å². The molecule has 1 atom stereocenters. The lowest BCUT2D eigenvalue weighted by atomic mass is 10.1. The number of H-pyrrole nitrogens is 1. The van der Waals surface area contributed by atoms with Crippen LogP contribution in [0, 0.1) is 0 Å². The number of ether oxygens (including phenoxy) is 1. The van der Waals surface area contributed by atoms with E-state index in [-0.39, 0.29) is 11.6 Å². The molecule has 3 rings (SSSR count). The van der Waals surface area contributed by atoms with Crippen molar-refractivity contribution in [1.29, 1.82) is 0 Å². The van der Waals surface area contributed by atoms with Gasteiger partial charge in [0.25, 0.3) is 5.91 Å². The topological polar surface area (TPSA) is 88.3 Å². The number of hydrogen-bond acceptors (Lipinski definition) is 4. The Kier molecular flexibility index (Phi) is 5.57. The Labute approximate surface area is 160 Å². The summed E-state index contributed by atoms with van der Waals surface area (Å²) in [6, 6.07) is 14.9. The first-order valence-electron chi connectivity index (χ1n) is 8.28. The quantitative estimate of drug-likeness (QED) is 0.661. The van der Waals surface area contributed by atoms with Gasteiger partial charge < -0.3 is 15.0 Å². The molecule has 27 heavy (non-hydrogen) atoms. The van der Waals surface area contributed by atoms with Crippen molar-refractivity contribution in [3.63, 3.8) is 0 Å².